The Morgan fingerprint density at radius 1 is 1.50 bits per heavy atom. The van der Waals surface area contributed by atoms with Crippen molar-refractivity contribution in [2.24, 2.45) is 0 Å². The van der Waals surface area contributed by atoms with E-state index in [4.69, 9.17) is 9.63 Å². The standard InChI is InChI=1S/C12H19N3O6S/c1-8-6-11(21-14-8)7-22(19,20)15(9(2)12(17)18)5-4-13-10(3)16/h6,9H,4-5,7H2,1-3H3,(H,13,16)(H,17,18). The molecule has 1 aromatic heterocycles. The van der Waals surface area contributed by atoms with Gasteiger partial charge in [-0.05, 0) is 13.8 Å². The number of amides is 1. The normalized spacial score (nSPS) is 13.1. The number of aromatic nitrogens is 1. The molecule has 0 aliphatic heterocycles. The number of nitrogens with zero attached hydrogens (tertiary/aromatic N) is 2. The lowest BCUT2D eigenvalue weighted by molar-refractivity contribution is -0.140. The smallest absolute Gasteiger partial charge is 0.321 e. The van der Waals surface area contributed by atoms with Gasteiger partial charge in [0.1, 0.15) is 11.8 Å². The van der Waals surface area contributed by atoms with Crippen molar-refractivity contribution < 1.29 is 27.6 Å². The molecule has 124 valence electrons. The lowest BCUT2D eigenvalue weighted by atomic mass is 10.3. The molecule has 1 atom stereocenters. The van der Waals surface area contributed by atoms with Crippen LogP contribution in [-0.2, 0) is 25.4 Å². The van der Waals surface area contributed by atoms with E-state index in [0.29, 0.717) is 5.69 Å². The number of aryl methyl sites for hydroxylation is 1. The van der Waals surface area contributed by atoms with E-state index in [1.807, 2.05) is 0 Å². The molecule has 0 aliphatic carbocycles. The van der Waals surface area contributed by atoms with Gasteiger partial charge in [-0.25, -0.2) is 8.42 Å². The number of carbonyl (C=O) groups excluding carboxylic acids is 1. The number of hydrogen-bond donors (Lipinski definition) is 2. The first-order chi connectivity index (χ1) is 10.1. The summed E-state index contributed by atoms with van der Waals surface area (Å²) in [6.07, 6.45) is 0. The molecule has 0 saturated heterocycles. The lowest BCUT2D eigenvalue weighted by Gasteiger charge is -2.25. The van der Waals surface area contributed by atoms with Crippen molar-refractivity contribution in [1.82, 2.24) is 14.8 Å². The van der Waals surface area contributed by atoms with Crippen LogP contribution in [0.15, 0.2) is 10.6 Å². The van der Waals surface area contributed by atoms with Crippen molar-refractivity contribution in [3.05, 3.63) is 17.5 Å². The van der Waals surface area contributed by atoms with Crippen LogP contribution < -0.4 is 5.32 Å². The molecule has 1 rings (SSSR count). The molecule has 1 heterocycles. The molecule has 0 radical (unpaired) electrons. The second-order valence-corrected chi connectivity index (χ2v) is 6.72. The molecule has 10 heteroatoms. The topological polar surface area (TPSA) is 130 Å². The largest absolute Gasteiger partial charge is 0.480 e. The van der Waals surface area contributed by atoms with Crippen LogP contribution in [0.5, 0.6) is 0 Å². The van der Waals surface area contributed by atoms with E-state index < -0.39 is 27.8 Å². The summed E-state index contributed by atoms with van der Waals surface area (Å²) in [7, 11) is -3.94. The van der Waals surface area contributed by atoms with Gasteiger partial charge in [-0.15, -0.1) is 0 Å². The molecule has 0 fully saturated rings. The van der Waals surface area contributed by atoms with E-state index in [2.05, 4.69) is 10.5 Å². The van der Waals surface area contributed by atoms with Crippen molar-refractivity contribution in [3.8, 4) is 0 Å². The van der Waals surface area contributed by atoms with Gasteiger partial charge in [0.05, 0.1) is 5.69 Å². The van der Waals surface area contributed by atoms with Crippen LogP contribution in [0, 0.1) is 6.92 Å². The van der Waals surface area contributed by atoms with Crippen LogP contribution in [0.1, 0.15) is 25.3 Å². The lowest BCUT2D eigenvalue weighted by Crippen LogP contribution is -2.47. The second-order valence-electron chi connectivity index (χ2n) is 4.80. The third-order valence-electron chi connectivity index (χ3n) is 2.85. The highest BCUT2D eigenvalue weighted by atomic mass is 32.2. The number of hydrogen-bond acceptors (Lipinski definition) is 6. The molecular weight excluding hydrogens is 314 g/mol. The maximum absolute atomic E-state index is 12.4. The summed E-state index contributed by atoms with van der Waals surface area (Å²) < 4.78 is 30.5. The Kier molecular flexibility index (Phi) is 6.06. The Hall–Kier alpha value is -1.94. The Labute approximate surface area is 128 Å². The van der Waals surface area contributed by atoms with Crippen LogP contribution in [0.25, 0.3) is 0 Å². The number of sulfonamides is 1. The predicted molar refractivity (Wildman–Crippen MR) is 76.4 cm³/mol. The second kappa shape index (κ2) is 7.36. The minimum absolute atomic E-state index is 0.0155. The Balaban J connectivity index is 2.91. The fraction of sp³-hybridized carbons (Fsp3) is 0.583. The molecule has 2 N–H and O–H groups in total. The Morgan fingerprint density at radius 3 is 2.59 bits per heavy atom. The maximum Gasteiger partial charge on any atom is 0.321 e. The first-order valence-electron chi connectivity index (χ1n) is 6.52. The third kappa shape index (κ3) is 5.11. The van der Waals surface area contributed by atoms with E-state index in [0.717, 1.165) is 4.31 Å². The van der Waals surface area contributed by atoms with Gasteiger partial charge in [-0.1, -0.05) is 5.16 Å². The van der Waals surface area contributed by atoms with Crippen molar-refractivity contribution in [2.45, 2.75) is 32.6 Å². The molecule has 0 saturated carbocycles. The predicted octanol–water partition coefficient (Wildman–Crippen LogP) is -0.276. The molecule has 1 amide bonds. The Bertz CT molecular complexity index is 639. The molecule has 1 aromatic rings. The first kappa shape index (κ1) is 18.1. The van der Waals surface area contributed by atoms with Gasteiger partial charge in [0.15, 0.2) is 5.76 Å². The van der Waals surface area contributed by atoms with Gasteiger partial charge in [0.25, 0.3) is 0 Å². The van der Waals surface area contributed by atoms with E-state index in [-0.39, 0.29) is 24.8 Å². The number of nitrogens with one attached hydrogen (secondary N) is 1. The SMILES string of the molecule is CC(=O)NCCN(C(C)C(=O)O)S(=O)(=O)Cc1cc(C)no1. The summed E-state index contributed by atoms with van der Waals surface area (Å²) in [6, 6.07) is 0.206. The van der Waals surface area contributed by atoms with E-state index in [1.165, 1.54) is 19.9 Å². The maximum atomic E-state index is 12.4. The van der Waals surface area contributed by atoms with Crippen molar-refractivity contribution in [1.29, 1.82) is 0 Å². The van der Waals surface area contributed by atoms with Crippen LogP contribution >= 0.6 is 0 Å². The molecule has 0 aliphatic rings. The zero-order chi connectivity index (χ0) is 16.9. The minimum atomic E-state index is -3.94. The van der Waals surface area contributed by atoms with Crippen LogP contribution in [-0.4, -0.2) is 54.0 Å². The van der Waals surface area contributed by atoms with Crippen molar-refractivity contribution in [2.75, 3.05) is 13.1 Å². The van der Waals surface area contributed by atoms with Crippen molar-refractivity contribution >= 4 is 21.9 Å². The monoisotopic (exact) mass is 333 g/mol. The number of carboxylic acid groups (broad SMARTS) is 1. The average molecular weight is 333 g/mol. The fourth-order valence-corrected chi connectivity index (χ4v) is 3.39. The third-order valence-corrected chi connectivity index (χ3v) is 4.72. The first-order valence-corrected chi connectivity index (χ1v) is 8.13. The zero-order valence-corrected chi connectivity index (χ0v) is 13.4. The van der Waals surface area contributed by atoms with Gasteiger partial charge < -0.3 is 14.9 Å². The van der Waals surface area contributed by atoms with Gasteiger partial charge in [-0.3, -0.25) is 9.59 Å². The summed E-state index contributed by atoms with van der Waals surface area (Å²) in [4.78, 5) is 22.0. The van der Waals surface area contributed by atoms with E-state index >= 15 is 0 Å². The average Bonchev–Trinajstić information content (AvgIpc) is 2.77. The molecule has 9 nitrogen and oxygen atoms in total. The number of carbonyl (C=O) groups is 2. The van der Waals surface area contributed by atoms with Crippen molar-refractivity contribution in [3.63, 3.8) is 0 Å². The fourth-order valence-electron chi connectivity index (χ4n) is 1.79. The quantitative estimate of drug-likeness (QED) is 0.669. The van der Waals surface area contributed by atoms with Crippen LogP contribution in [0.3, 0.4) is 0 Å². The molecule has 0 aromatic carbocycles. The molecule has 1 unspecified atom stereocenters. The summed E-state index contributed by atoms with van der Waals surface area (Å²) in [5.74, 6) is -1.98. The number of aliphatic carboxylic acids is 1. The van der Waals surface area contributed by atoms with Gasteiger partial charge >= 0.3 is 5.97 Å². The summed E-state index contributed by atoms with van der Waals surface area (Å²) in [6.45, 7) is 4.06. The summed E-state index contributed by atoms with van der Waals surface area (Å²) in [5, 5.41) is 15.1. The summed E-state index contributed by atoms with van der Waals surface area (Å²) in [5.41, 5.74) is 0.529. The summed E-state index contributed by atoms with van der Waals surface area (Å²) >= 11 is 0. The molecule has 22 heavy (non-hydrogen) atoms. The van der Waals surface area contributed by atoms with E-state index in [9.17, 15) is 18.0 Å². The van der Waals surface area contributed by atoms with Gasteiger partial charge in [0.2, 0.25) is 15.9 Å². The van der Waals surface area contributed by atoms with Crippen LogP contribution in [0.2, 0.25) is 0 Å². The van der Waals surface area contributed by atoms with Crippen LogP contribution in [0.4, 0.5) is 0 Å². The highest BCUT2D eigenvalue weighted by Crippen LogP contribution is 2.14. The van der Waals surface area contributed by atoms with E-state index in [1.54, 1.807) is 6.92 Å². The molecule has 0 spiro atoms. The zero-order valence-electron chi connectivity index (χ0n) is 12.6. The number of carboxylic acids is 1. The van der Waals surface area contributed by atoms with Gasteiger partial charge in [-0.2, -0.15) is 4.31 Å². The molecular formula is C12H19N3O6S. The minimum Gasteiger partial charge on any atom is -0.480 e. The number of rotatable bonds is 8. The molecule has 0 bridgehead atoms. The van der Waals surface area contributed by atoms with Gasteiger partial charge in [0, 0.05) is 26.1 Å². The Morgan fingerprint density at radius 2 is 2.14 bits per heavy atom. The highest BCUT2D eigenvalue weighted by molar-refractivity contribution is 7.88. The highest BCUT2D eigenvalue weighted by Gasteiger charge is 2.32.